The Morgan fingerprint density at radius 1 is 1.28 bits per heavy atom. The Bertz CT molecular complexity index is 445. The largest absolute Gasteiger partial charge is 0.356 e. The first kappa shape index (κ1) is 19.0. The average Bonchev–Trinajstić information content (AvgIpc) is 3.06. The van der Waals surface area contributed by atoms with Crippen LogP contribution < -0.4 is 27.1 Å². The van der Waals surface area contributed by atoms with Gasteiger partial charge in [0.05, 0.1) is 6.17 Å². The summed E-state index contributed by atoms with van der Waals surface area (Å²) in [7, 11) is 0. The number of hydrogen-bond donors (Lipinski definition) is 5. The van der Waals surface area contributed by atoms with Crippen molar-refractivity contribution in [1.29, 1.82) is 0 Å². The smallest absolute Gasteiger partial charge is 0.219 e. The minimum absolute atomic E-state index is 0.0980. The molecule has 2 aliphatic heterocycles. The maximum atomic E-state index is 13.5. The van der Waals surface area contributed by atoms with Crippen molar-refractivity contribution in [2.24, 2.45) is 11.8 Å². The third-order valence-corrected chi connectivity index (χ3v) is 6.08. The van der Waals surface area contributed by atoms with Gasteiger partial charge in [0.1, 0.15) is 6.17 Å². The maximum absolute atomic E-state index is 13.5. The Balaban J connectivity index is 1.63. The maximum Gasteiger partial charge on any atom is 0.219 e. The third kappa shape index (κ3) is 4.68. The van der Waals surface area contributed by atoms with Gasteiger partial charge in [-0.2, -0.15) is 11.1 Å². The molecule has 2 saturated heterocycles. The molecule has 25 heavy (non-hydrogen) atoms. The van der Waals surface area contributed by atoms with Gasteiger partial charge in [0.2, 0.25) is 5.91 Å². The first-order valence-corrected chi connectivity index (χ1v) is 9.77. The zero-order valence-electron chi connectivity index (χ0n) is 15.4. The number of rotatable bonds is 5. The minimum atomic E-state index is -0.610. The van der Waals surface area contributed by atoms with Gasteiger partial charge in [-0.1, -0.05) is 6.92 Å². The molecule has 0 spiro atoms. The lowest BCUT2D eigenvalue weighted by Gasteiger charge is -2.45. The van der Waals surface area contributed by atoms with E-state index in [9.17, 15) is 9.18 Å². The first-order valence-electron chi connectivity index (χ1n) is 9.77. The summed E-state index contributed by atoms with van der Waals surface area (Å²) >= 11 is 0. The van der Waals surface area contributed by atoms with Crippen molar-refractivity contribution in [3.63, 3.8) is 0 Å². The van der Waals surface area contributed by atoms with E-state index >= 15 is 0 Å². The van der Waals surface area contributed by atoms with Crippen LogP contribution in [0.5, 0.6) is 0 Å². The number of piperidine rings is 1. The summed E-state index contributed by atoms with van der Waals surface area (Å²) < 4.78 is 13.5. The number of nitrogens with zero attached hydrogens (tertiary/aromatic N) is 1. The number of carbonyl (C=O) groups excluding carboxylic acids is 1. The Kier molecular flexibility index (Phi) is 6.62. The summed E-state index contributed by atoms with van der Waals surface area (Å²) in [6.45, 7) is 5.54. The van der Waals surface area contributed by atoms with Gasteiger partial charge in [0.25, 0.3) is 0 Å². The first-order chi connectivity index (χ1) is 12.1. The van der Waals surface area contributed by atoms with E-state index in [-0.39, 0.29) is 12.1 Å². The normalized spacial score (nSPS) is 40.1. The summed E-state index contributed by atoms with van der Waals surface area (Å²) in [5.41, 5.74) is 9.37. The summed E-state index contributed by atoms with van der Waals surface area (Å²) in [5, 5.41) is 8.96. The molecule has 5 N–H and O–H groups in total. The van der Waals surface area contributed by atoms with Crippen LogP contribution in [0, 0.1) is 11.8 Å². The fourth-order valence-electron chi connectivity index (χ4n) is 4.47. The number of hydrazine groups is 3. The van der Waals surface area contributed by atoms with Crippen LogP contribution in [0.25, 0.3) is 0 Å². The van der Waals surface area contributed by atoms with Crippen LogP contribution >= 0.6 is 0 Å². The van der Waals surface area contributed by atoms with Gasteiger partial charge in [0.15, 0.2) is 0 Å². The highest BCUT2D eigenvalue weighted by Gasteiger charge is 2.40. The Morgan fingerprint density at radius 2 is 2.04 bits per heavy atom. The van der Waals surface area contributed by atoms with Crippen molar-refractivity contribution in [1.82, 2.24) is 32.1 Å². The van der Waals surface area contributed by atoms with Crippen LogP contribution in [0.4, 0.5) is 4.39 Å². The number of alkyl halides is 1. The lowest BCUT2D eigenvalue weighted by Crippen LogP contribution is -2.61. The highest BCUT2D eigenvalue weighted by atomic mass is 19.1. The van der Waals surface area contributed by atoms with Gasteiger partial charge in [-0.15, -0.1) is 0 Å². The number of hydrogen-bond acceptors (Lipinski definition) is 6. The van der Waals surface area contributed by atoms with Gasteiger partial charge in [-0.3, -0.25) is 4.79 Å². The molecule has 1 amide bonds. The van der Waals surface area contributed by atoms with E-state index in [0.29, 0.717) is 49.7 Å². The van der Waals surface area contributed by atoms with Crippen molar-refractivity contribution in [3.8, 4) is 0 Å². The van der Waals surface area contributed by atoms with E-state index in [2.05, 4.69) is 39.1 Å². The molecular weight excluding hydrogens is 323 g/mol. The molecule has 0 aromatic carbocycles. The fourth-order valence-corrected chi connectivity index (χ4v) is 4.47. The van der Waals surface area contributed by atoms with Crippen LogP contribution in [-0.2, 0) is 4.79 Å². The predicted molar refractivity (Wildman–Crippen MR) is 94.5 cm³/mol. The third-order valence-electron chi connectivity index (χ3n) is 6.08. The van der Waals surface area contributed by atoms with Crippen LogP contribution in [0.3, 0.4) is 0 Å². The molecule has 4 unspecified atom stereocenters. The predicted octanol–water partition coefficient (Wildman–Crippen LogP) is 0.563. The van der Waals surface area contributed by atoms with Gasteiger partial charge in [0, 0.05) is 37.5 Å². The van der Waals surface area contributed by atoms with Crippen molar-refractivity contribution >= 4 is 5.91 Å². The van der Waals surface area contributed by atoms with Crippen LogP contribution in [-0.4, -0.2) is 48.4 Å². The molecule has 7 nitrogen and oxygen atoms in total. The summed E-state index contributed by atoms with van der Waals surface area (Å²) in [6.07, 6.45) is 4.44. The van der Waals surface area contributed by atoms with E-state index in [1.54, 1.807) is 0 Å². The Labute approximate surface area is 149 Å². The molecule has 3 fully saturated rings. The number of amides is 1. The highest BCUT2D eigenvalue weighted by Crippen LogP contribution is 2.33. The van der Waals surface area contributed by atoms with Crippen LogP contribution in [0.1, 0.15) is 52.4 Å². The van der Waals surface area contributed by atoms with Gasteiger partial charge < -0.3 is 10.6 Å². The molecule has 1 saturated carbocycles. The Morgan fingerprint density at radius 3 is 2.68 bits per heavy atom. The standard InChI is InChI=1S/C17H33FN6O/c1-3-17(25)20-10-13-9-19-15(12-4-6-14(18)7-5-12)8-16(13)24-11(2)21-22-23-24/h11-16,19,21-23H,3-10H2,1-2H3,(H,20,25). The minimum Gasteiger partial charge on any atom is -0.356 e. The number of halogens is 1. The van der Waals surface area contributed by atoms with E-state index in [1.807, 2.05) is 6.92 Å². The molecule has 8 heteroatoms. The average molecular weight is 356 g/mol. The summed E-state index contributed by atoms with van der Waals surface area (Å²) in [4.78, 5) is 11.7. The number of nitrogens with one attached hydrogen (secondary N) is 5. The second-order valence-electron chi connectivity index (χ2n) is 7.71. The lowest BCUT2D eigenvalue weighted by molar-refractivity contribution is -0.121. The highest BCUT2D eigenvalue weighted by molar-refractivity contribution is 5.75. The van der Waals surface area contributed by atoms with E-state index in [1.165, 1.54) is 0 Å². The molecule has 0 aromatic heterocycles. The van der Waals surface area contributed by atoms with Crippen molar-refractivity contribution in [2.75, 3.05) is 13.1 Å². The van der Waals surface area contributed by atoms with E-state index < -0.39 is 6.17 Å². The topological polar surface area (TPSA) is 80.5 Å². The monoisotopic (exact) mass is 356 g/mol. The lowest BCUT2D eigenvalue weighted by atomic mass is 9.77. The zero-order chi connectivity index (χ0) is 17.8. The molecule has 0 aromatic rings. The van der Waals surface area contributed by atoms with Crippen molar-refractivity contribution in [2.45, 2.75) is 76.8 Å². The molecule has 3 aliphatic rings. The van der Waals surface area contributed by atoms with Gasteiger partial charge in [-0.25, -0.2) is 14.8 Å². The molecule has 2 heterocycles. The zero-order valence-corrected chi connectivity index (χ0v) is 15.4. The van der Waals surface area contributed by atoms with Gasteiger partial charge >= 0.3 is 0 Å². The van der Waals surface area contributed by atoms with Crippen molar-refractivity contribution in [3.05, 3.63) is 0 Å². The van der Waals surface area contributed by atoms with Crippen LogP contribution in [0.2, 0.25) is 0 Å². The Hall–Kier alpha value is -0.800. The van der Waals surface area contributed by atoms with Crippen LogP contribution in [0.15, 0.2) is 0 Å². The van der Waals surface area contributed by atoms with Crippen molar-refractivity contribution < 1.29 is 9.18 Å². The molecule has 144 valence electrons. The molecule has 4 atom stereocenters. The molecular formula is C17H33FN6O. The summed E-state index contributed by atoms with van der Waals surface area (Å²) in [5.74, 6) is 0.987. The SMILES string of the molecule is CCC(=O)NCC1CNC(C2CCC(F)CC2)CC1N1NNNC1C. The quantitative estimate of drug-likeness (QED) is 0.495. The fraction of sp³-hybridized carbons (Fsp3) is 0.941. The van der Waals surface area contributed by atoms with Gasteiger partial charge in [-0.05, 0) is 44.9 Å². The second kappa shape index (κ2) is 8.73. The molecule has 0 bridgehead atoms. The molecule has 3 rings (SSSR count). The number of carbonyl (C=O) groups is 1. The molecule has 0 radical (unpaired) electrons. The summed E-state index contributed by atoms with van der Waals surface area (Å²) in [6, 6.07) is 0.731. The van der Waals surface area contributed by atoms with E-state index in [4.69, 9.17) is 0 Å². The molecule has 1 aliphatic carbocycles. The van der Waals surface area contributed by atoms with E-state index in [0.717, 1.165) is 25.8 Å². The second-order valence-corrected chi connectivity index (χ2v) is 7.71.